The predicted molar refractivity (Wildman–Crippen MR) is 77.8 cm³/mol. The van der Waals surface area contributed by atoms with Crippen molar-refractivity contribution in [2.45, 2.75) is 26.3 Å². The SMILES string of the molecule is CCC(C)N(C)C(=S)Nc1ccc(F)cc1Br. The topological polar surface area (TPSA) is 15.3 Å². The summed E-state index contributed by atoms with van der Waals surface area (Å²) < 4.78 is 13.6. The van der Waals surface area contributed by atoms with Gasteiger partial charge < -0.3 is 10.2 Å². The van der Waals surface area contributed by atoms with Gasteiger partial charge in [0.2, 0.25) is 0 Å². The van der Waals surface area contributed by atoms with Gasteiger partial charge in [0.05, 0.1) is 5.69 Å². The second kappa shape index (κ2) is 6.31. The summed E-state index contributed by atoms with van der Waals surface area (Å²) in [7, 11) is 1.95. The molecule has 1 aromatic rings. The first-order valence-electron chi connectivity index (χ1n) is 5.44. The summed E-state index contributed by atoms with van der Waals surface area (Å²) in [6, 6.07) is 4.85. The number of hydrogen-bond acceptors (Lipinski definition) is 1. The summed E-state index contributed by atoms with van der Waals surface area (Å²) in [5.74, 6) is -0.274. The highest BCUT2D eigenvalue weighted by Gasteiger charge is 2.11. The number of halogens is 2. The minimum atomic E-state index is -0.274. The van der Waals surface area contributed by atoms with Crippen LogP contribution >= 0.6 is 28.1 Å². The Morgan fingerprint density at radius 3 is 2.76 bits per heavy atom. The molecule has 0 aliphatic rings. The molecule has 0 heterocycles. The van der Waals surface area contributed by atoms with E-state index in [1.165, 1.54) is 12.1 Å². The maximum absolute atomic E-state index is 12.9. The van der Waals surface area contributed by atoms with Crippen molar-refractivity contribution < 1.29 is 4.39 Å². The Bertz CT molecular complexity index is 411. The second-order valence-corrected chi connectivity index (χ2v) is 5.16. The summed E-state index contributed by atoms with van der Waals surface area (Å²) in [5.41, 5.74) is 0.770. The Morgan fingerprint density at radius 1 is 1.59 bits per heavy atom. The summed E-state index contributed by atoms with van der Waals surface area (Å²) in [5, 5.41) is 3.73. The second-order valence-electron chi connectivity index (χ2n) is 3.92. The van der Waals surface area contributed by atoms with Gasteiger partial charge in [0.1, 0.15) is 5.82 Å². The Hall–Kier alpha value is -0.680. The first-order valence-corrected chi connectivity index (χ1v) is 6.64. The third-order valence-corrected chi connectivity index (χ3v) is 3.79. The van der Waals surface area contributed by atoms with Gasteiger partial charge >= 0.3 is 0 Å². The lowest BCUT2D eigenvalue weighted by molar-refractivity contribution is 0.386. The highest BCUT2D eigenvalue weighted by Crippen LogP contribution is 2.23. The van der Waals surface area contributed by atoms with E-state index in [4.69, 9.17) is 12.2 Å². The summed E-state index contributed by atoms with van der Waals surface area (Å²) in [6.07, 6.45) is 1.02. The molecule has 1 atom stereocenters. The molecule has 0 amide bonds. The number of anilines is 1. The van der Waals surface area contributed by atoms with Crippen molar-refractivity contribution in [1.29, 1.82) is 0 Å². The number of thiocarbonyl (C=S) groups is 1. The van der Waals surface area contributed by atoms with Crippen LogP contribution in [0.3, 0.4) is 0 Å². The monoisotopic (exact) mass is 318 g/mol. The van der Waals surface area contributed by atoms with E-state index >= 15 is 0 Å². The van der Waals surface area contributed by atoms with Crippen molar-refractivity contribution in [3.63, 3.8) is 0 Å². The van der Waals surface area contributed by atoms with Crippen molar-refractivity contribution in [3.8, 4) is 0 Å². The lowest BCUT2D eigenvalue weighted by Crippen LogP contribution is -2.37. The van der Waals surface area contributed by atoms with Gasteiger partial charge in [-0.25, -0.2) is 4.39 Å². The first kappa shape index (κ1) is 14.4. The third-order valence-electron chi connectivity index (χ3n) is 2.75. The number of hydrogen-bond donors (Lipinski definition) is 1. The molecule has 94 valence electrons. The summed E-state index contributed by atoms with van der Waals surface area (Å²) in [6.45, 7) is 4.21. The van der Waals surface area contributed by atoms with Gasteiger partial charge in [-0.1, -0.05) is 6.92 Å². The van der Waals surface area contributed by atoms with Crippen LogP contribution in [0.4, 0.5) is 10.1 Å². The maximum atomic E-state index is 12.9. The molecular formula is C12H16BrFN2S. The molecule has 0 saturated heterocycles. The molecule has 0 saturated carbocycles. The van der Waals surface area contributed by atoms with Crippen LogP contribution in [-0.2, 0) is 0 Å². The standard InChI is InChI=1S/C12H16BrFN2S/c1-4-8(2)16(3)12(17)15-11-6-5-9(14)7-10(11)13/h5-8H,4H2,1-3H3,(H,15,17). The zero-order valence-corrected chi connectivity index (χ0v) is 12.5. The molecule has 17 heavy (non-hydrogen) atoms. The molecule has 0 fully saturated rings. The molecule has 0 radical (unpaired) electrons. The van der Waals surface area contributed by atoms with E-state index < -0.39 is 0 Å². The number of nitrogens with one attached hydrogen (secondary N) is 1. The van der Waals surface area contributed by atoms with Crippen LogP contribution in [0, 0.1) is 5.82 Å². The molecule has 1 N–H and O–H groups in total. The molecule has 0 spiro atoms. The van der Waals surface area contributed by atoms with Gasteiger partial charge in [0.15, 0.2) is 5.11 Å². The van der Waals surface area contributed by atoms with Crippen LogP contribution in [0.15, 0.2) is 22.7 Å². The van der Waals surface area contributed by atoms with E-state index in [1.54, 1.807) is 6.07 Å². The lowest BCUT2D eigenvalue weighted by Gasteiger charge is -2.27. The molecule has 1 unspecified atom stereocenters. The predicted octanol–water partition coefficient (Wildman–Crippen LogP) is 4.02. The van der Waals surface area contributed by atoms with E-state index in [9.17, 15) is 4.39 Å². The van der Waals surface area contributed by atoms with Crippen LogP contribution in [-0.4, -0.2) is 23.1 Å². The van der Waals surface area contributed by atoms with E-state index in [-0.39, 0.29) is 5.82 Å². The third kappa shape index (κ3) is 3.92. The van der Waals surface area contributed by atoms with Gasteiger partial charge in [0.25, 0.3) is 0 Å². The Morgan fingerprint density at radius 2 is 2.24 bits per heavy atom. The van der Waals surface area contributed by atoms with Crippen LogP contribution in [0.1, 0.15) is 20.3 Å². The quantitative estimate of drug-likeness (QED) is 0.847. The van der Waals surface area contributed by atoms with E-state index in [1.807, 2.05) is 11.9 Å². The van der Waals surface area contributed by atoms with Crippen molar-refractivity contribution >= 4 is 38.9 Å². The highest BCUT2D eigenvalue weighted by atomic mass is 79.9. The fourth-order valence-electron chi connectivity index (χ4n) is 1.27. The van der Waals surface area contributed by atoms with Crippen LogP contribution < -0.4 is 5.32 Å². The maximum Gasteiger partial charge on any atom is 0.173 e. The van der Waals surface area contributed by atoms with Crippen molar-refractivity contribution in [3.05, 3.63) is 28.5 Å². The van der Waals surface area contributed by atoms with E-state index in [2.05, 4.69) is 35.1 Å². The smallest absolute Gasteiger partial charge is 0.173 e. The molecule has 0 bridgehead atoms. The number of nitrogens with zero attached hydrogens (tertiary/aromatic N) is 1. The lowest BCUT2D eigenvalue weighted by atomic mass is 10.2. The molecule has 2 nitrogen and oxygen atoms in total. The zero-order valence-electron chi connectivity index (χ0n) is 10.1. The number of benzene rings is 1. The van der Waals surface area contributed by atoms with Gasteiger partial charge in [-0.15, -0.1) is 0 Å². The van der Waals surface area contributed by atoms with E-state index in [0.717, 1.165) is 12.1 Å². The summed E-state index contributed by atoms with van der Waals surface area (Å²) in [4.78, 5) is 1.99. The van der Waals surface area contributed by atoms with Crippen LogP contribution in [0.2, 0.25) is 0 Å². The van der Waals surface area contributed by atoms with Crippen LogP contribution in [0.5, 0.6) is 0 Å². The largest absolute Gasteiger partial charge is 0.349 e. The minimum absolute atomic E-state index is 0.274. The Kier molecular flexibility index (Phi) is 5.33. The average molecular weight is 319 g/mol. The molecule has 0 aromatic heterocycles. The Balaban J connectivity index is 2.74. The van der Waals surface area contributed by atoms with Crippen LogP contribution in [0.25, 0.3) is 0 Å². The molecular weight excluding hydrogens is 303 g/mol. The van der Waals surface area contributed by atoms with Crippen molar-refractivity contribution in [2.75, 3.05) is 12.4 Å². The fraction of sp³-hybridized carbons (Fsp3) is 0.417. The minimum Gasteiger partial charge on any atom is -0.349 e. The summed E-state index contributed by atoms with van der Waals surface area (Å²) >= 11 is 8.59. The highest BCUT2D eigenvalue weighted by molar-refractivity contribution is 9.10. The van der Waals surface area contributed by atoms with Crippen molar-refractivity contribution in [2.24, 2.45) is 0 Å². The van der Waals surface area contributed by atoms with Gasteiger partial charge in [-0.2, -0.15) is 0 Å². The molecule has 0 aliphatic carbocycles. The van der Waals surface area contributed by atoms with Crippen molar-refractivity contribution in [1.82, 2.24) is 4.90 Å². The van der Waals surface area contributed by atoms with Gasteiger partial charge in [-0.05, 0) is 59.7 Å². The Labute approximate surface area is 115 Å². The molecule has 5 heteroatoms. The molecule has 1 rings (SSSR count). The van der Waals surface area contributed by atoms with Gasteiger partial charge in [-0.3, -0.25) is 0 Å². The first-order chi connectivity index (χ1) is 7.95. The normalized spacial score (nSPS) is 12.1. The average Bonchev–Trinajstić information content (AvgIpc) is 2.30. The molecule has 1 aromatic carbocycles. The van der Waals surface area contributed by atoms with E-state index in [0.29, 0.717) is 15.6 Å². The fourth-order valence-corrected chi connectivity index (χ4v) is 2.01. The zero-order chi connectivity index (χ0) is 13.0. The van der Waals surface area contributed by atoms with Gasteiger partial charge in [0, 0.05) is 17.6 Å². The number of rotatable bonds is 3. The molecule has 0 aliphatic heterocycles.